The number of aryl methyl sites for hydroxylation is 1. The van der Waals surface area contributed by atoms with Gasteiger partial charge >= 0.3 is 0 Å². The summed E-state index contributed by atoms with van der Waals surface area (Å²) in [6.07, 6.45) is 2.17. The van der Waals surface area contributed by atoms with Crippen LogP contribution in [0.15, 0.2) is 30.3 Å². The van der Waals surface area contributed by atoms with Crippen molar-refractivity contribution in [3.05, 3.63) is 58.4 Å². The lowest BCUT2D eigenvalue weighted by atomic mass is 9.73. The van der Waals surface area contributed by atoms with Gasteiger partial charge < -0.3 is 4.98 Å². The van der Waals surface area contributed by atoms with Crippen molar-refractivity contribution in [3.63, 3.8) is 0 Å². The Bertz CT molecular complexity index is 732. The van der Waals surface area contributed by atoms with Gasteiger partial charge in [-0.2, -0.15) is 0 Å². The molecule has 0 radical (unpaired) electrons. The zero-order valence-electron chi connectivity index (χ0n) is 13.9. The summed E-state index contributed by atoms with van der Waals surface area (Å²) in [5.74, 6) is 1.06. The summed E-state index contributed by atoms with van der Waals surface area (Å²) in [6.45, 7) is 7.11. The number of benzene rings is 1. The van der Waals surface area contributed by atoms with Gasteiger partial charge in [0.05, 0.1) is 0 Å². The first kappa shape index (κ1) is 14.7. The number of likely N-dealkylation sites (tertiary alicyclic amines) is 1. The van der Waals surface area contributed by atoms with E-state index in [4.69, 9.17) is 0 Å². The van der Waals surface area contributed by atoms with E-state index in [1.54, 1.807) is 0 Å². The lowest BCUT2D eigenvalue weighted by Crippen LogP contribution is -2.46. The van der Waals surface area contributed by atoms with Crippen LogP contribution in [0, 0.1) is 25.7 Å². The van der Waals surface area contributed by atoms with Crippen molar-refractivity contribution in [2.75, 3.05) is 13.1 Å². The monoisotopic (exact) mass is 308 g/mol. The summed E-state index contributed by atoms with van der Waals surface area (Å²) in [6, 6.07) is 10.6. The van der Waals surface area contributed by atoms with Crippen LogP contribution in [0.3, 0.4) is 0 Å². The minimum absolute atomic E-state index is 0.175. The molecule has 3 nitrogen and oxygen atoms in total. The second-order valence-electron chi connectivity index (χ2n) is 7.17. The first-order chi connectivity index (χ1) is 11.1. The van der Waals surface area contributed by atoms with Crippen molar-refractivity contribution in [1.82, 2.24) is 9.88 Å². The van der Waals surface area contributed by atoms with E-state index in [0.717, 1.165) is 49.3 Å². The molecule has 1 fully saturated rings. The molecule has 0 spiro atoms. The first-order valence-corrected chi connectivity index (χ1v) is 8.62. The average molecular weight is 308 g/mol. The summed E-state index contributed by atoms with van der Waals surface area (Å²) >= 11 is 0. The van der Waals surface area contributed by atoms with Gasteiger partial charge in [-0.05, 0) is 50.3 Å². The van der Waals surface area contributed by atoms with Crippen LogP contribution in [0.5, 0.6) is 0 Å². The molecule has 0 amide bonds. The number of carbonyl (C=O) groups is 1. The summed E-state index contributed by atoms with van der Waals surface area (Å²) in [5.41, 5.74) is 5.82. The molecule has 1 aromatic carbocycles. The van der Waals surface area contributed by atoms with Gasteiger partial charge in [0.15, 0.2) is 5.78 Å². The summed E-state index contributed by atoms with van der Waals surface area (Å²) in [4.78, 5) is 18.9. The second-order valence-corrected chi connectivity index (χ2v) is 7.17. The van der Waals surface area contributed by atoms with Crippen molar-refractivity contribution >= 4 is 5.78 Å². The van der Waals surface area contributed by atoms with Gasteiger partial charge in [-0.15, -0.1) is 0 Å². The Balaban J connectivity index is 1.55. The zero-order valence-corrected chi connectivity index (χ0v) is 13.9. The smallest absolute Gasteiger partial charge is 0.169 e. The molecular weight excluding hydrogens is 284 g/mol. The predicted octanol–water partition coefficient (Wildman–Crippen LogP) is 3.51. The highest BCUT2D eigenvalue weighted by Crippen LogP contribution is 2.37. The minimum atomic E-state index is 0.175. The van der Waals surface area contributed by atoms with Gasteiger partial charge in [0.2, 0.25) is 0 Å². The lowest BCUT2D eigenvalue weighted by Gasteiger charge is -2.40. The Labute approximate surface area is 137 Å². The third kappa shape index (κ3) is 2.53. The Morgan fingerprint density at radius 2 is 2.00 bits per heavy atom. The van der Waals surface area contributed by atoms with Crippen LogP contribution in [0.1, 0.15) is 39.3 Å². The van der Waals surface area contributed by atoms with E-state index in [1.807, 2.05) is 0 Å². The number of nitrogens with one attached hydrogen (secondary N) is 1. The highest BCUT2D eigenvalue weighted by atomic mass is 16.1. The van der Waals surface area contributed by atoms with E-state index in [-0.39, 0.29) is 5.92 Å². The Morgan fingerprint density at radius 3 is 2.78 bits per heavy atom. The SMILES string of the molecule is Cc1[nH]c2c(c1C)C(=O)C1CN(Cc3ccccc3)CCC1C2. The number of nitrogens with zero attached hydrogens (tertiary/aromatic N) is 1. The standard InChI is InChI=1S/C20H24N2O/c1-13-14(2)21-18-10-16-8-9-22(11-15-6-4-3-5-7-15)12-17(16)20(23)19(13)18/h3-7,16-17,21H,8-12H2,1-2H3. The maximum absolute atomic E-state index is 13.0. The normalized spacial score (nSPS) is 24.3. The fourth-order valence-electron chi connectivity index (χ4n) is 4.33. The molecule has 2 aromatic rings. The molecule has 1 saturated heterocycles. The molecule has 3 heteroatoms. The van der Waals surface area contributed by atoms with E-state index in [9.17, 15) is 4.79 Å². The molecule has 1 aliphatic heterocycles. The quantitative estimate of drug-likeness (QED) is 0.921. The zero-order chi connectivity index (χ0) is 16.0. The average Bonchev–Trinajstić information content (AvgIpc) is 2.84. The predicted molar refractivity (Wildman–Crippen MR) is 91.6 cm³/mol. The molecule has 1 aliphatic carbocycles. The summed E-state index contributed by atoms with van der Waals surface area (Å²) in [7, 11) is 0. The van der Waals surface area contributed by atoms with E-state index >= 15 is 0 Å². The van der Waals surface area contributed by atoms with Crippen LogP contribution in [0.25, 0.3) is 0 Å². The molecule has 4 rings (SSSR count). The molecule has 2 heterocycles. The maximum atomic E-state index is 13.0. The molecular formula is C20H24N2O. The molecule has 2 atom stereocenters. The van der Waals surface area contributed by atoms with Crippen molar-refractivity contribution < 1.29 is 4.79 Å². The fraction of sp³-hybridized carbons (Fsp3) is 0.450. The molecule has 1 N–H and O–H groups in total. The molecule has 1 aromatic heterocycles. The highest BCUT2D eigenvalue weighted by molar-refractivity contribution is 6.02. The molecule has 0 saturated carbocycles. The van der Waals surface area contributed by atoms with Crippen LogP contribution < -0.4 is 0 Å². The van der Waals surface area contributed by atoms with Crippen LogP contribution in [-0.2, 0) is 13.0 Å². The molecule has 2 unspecified atom stereocenters. The minimum Gasteiger partial charge on any atom is -0.362 e. The van der Waals surface area contributed by atoms with Crippen molar-refractivity contribution in [3.8, 4) is 0 Å². The fourth-order valence-corrected chi connectivity index (χ4v) is 4.33. The second kappa shape index (κ2) is 5.64. The topological polar surface area (TPSA) is 36.1 Å². The number of H-pyrrole nitrogens is 1. The van der Waals surface area contributed by atoms with Gasteiger partial charge in [0.25, 0.3) is 0 Å². The van der Waals surface area contributed by atoms with Gasteiger partial charge in [-0.25, -0.2) is 0 Å². The number of aromatic amines is 1. The molecule has 2 aliphatic rings. The number of Topliss-reactive ketones (excluding diaryl/α,β-unsaturated/α-hetero) is 1. The number of aromatic nitrogens is 1. The highest BCUT2D eigenvalue weighted by Gasteiger charge is 2.40. The Kier molecular flexibility index (Phi) is 3.61. The van der Waals surface area contributed by atoms with Gasteiger partial charge in [0, 0.05) is 36.0 Å². The number of rotatable bonds is 2. The Morgan fingerprint density at radius 1 is 1.22 bits per heavy atom. The number of carbonyl (C=O) groups excluding carboxylic acids is 1. The maximum Gasteiger partial charge on any atom is 0.169 e. The molecule has 0 bridgehead atoms. The van der Waals surface area contributed by atoms with Crippen LogP contribution >= 0.6 is 0 Å². The van der Waals surface area contributed by atoms with Crippen LogP contribution in [-0.4, -0.2) is 28.8 Å². The number of piperidine rings is 1. The van der Waals surface area contributed by atoms with Crippen molar-refractivity contribution in [2.24, 2.45) is 11.8 Å². The van der Waals surface area contributed by atoms with E-state index in [1.165, 1.54) is 11.3 Å². The first-order valence-electron chi connectivity index (χ1n) is 8.62. The molecule has 23 heavy (non-hydrogen) atoms. The van der Waals surface area contributed by atoms with Gasteiger partial charge in [-0.3, -0.25) is 9.69 Å². The van der Waals surface area contributed by atoms with E-state index in [2.05, 4.69) is 54.1 Å². The van der Waals surface area contributed by atoms with E-state index < -0.39 is 0 Å². The lowest BCUT2D eigenvalue weighted by molar-refractivity contribution is 0.0645. The molecule has 120 valence electrons. The third-order valence-corrected chi connectivity index (χ3v) is 5.72. The summed E-state index contributed by atoms with van der Waals surface area (Å²) in [5, 5.41) is 0. The van der Waals surface area contributed by atoms with E-state index in [0.29, 0.717) is 11.7 Å². The van der Waals surface area contributed by atoms with Crippen molar-refractivity contribution in [1.29, 1.82) is 0 Å². The number of hydrogen-bond acceptors (Lipinski definition) is 2. The largest absolute Gasteiger partial charge is 0.362 e. The number of fused-ring (bicyclic) bond motifs is 2. The van der Waals surface area contributed by atoms with Gasteiger partial charge in [0.1, 0.15) is 0 Å². The van der Waals surface area contributed by atoms with Crippen molar-refractivity contribution in [2.45, 2.75) is 33.2 Å². The van der Waals surface area contributed by atoms with Gasteiger partial charge in [-0.1, -0.05) is 30.3 Å². The Hall–Kier alpha value is -1.87. The number of ketones is 1. The third-order valence-electron chi connectivity index (χ3n) is 5.72. The summed E-state index contributed by atoms with van der Waals surface area (Å²) < 4.78 is 0. The van der Waals surface area contributed by atoms with Crippen LogP contribution in [0.4, 0.5) is 0 Å². The number of hydrogen-bond donors (Lipinski definition) is 1. The van der Waals surface area contributed by atoms with Crippen LogP contribution in [0.2, 0.25) is 0 Å².